The molecule has 9 nitrogen and oxygen atoms in total. The summed E-state index contributed by atoms with van der Waals surface area (Å²) in [6, 6.07) is 3.69. The number of benzene rings is 1. The number of aliphatic hydroxyl groups excluding tert-OH is 1. The molecule has 1 aromatic carbocycles. The van der Waals surface area contributed by atoms with Gasteiger partial charge in [0.2, 0.25) is 11.6 Å². The smallest absolute Gasteiger partial charge is 0.253 e. The van der Waals surface area contributed by atoms with Gasteiger partial charge < -0.3 is 25.2 Å². The van der Waals surface area contributed by atoms with Crippen LogP contribution in [0.3, 0.4) is 0 Å². The Morgan fingerprint density at radius 1 is 1.23 bits per heavy atom. The molecule has 31 heavy (non-hydrogen) atoms. The fourth-order valence-electron chi connectivity index (χ4n) is 3.09. The molecule has 2 amide bonds. The van der Waals surface area contributed by atoms with E-state index in [1.807, 2.05) is 0 Å². The number of ketones is 1. The molecule has 2 heterocycles. The van der Waals surface area contributed by atoms with E-state index in [4.69, 9.17) is 9.47 Å². The van der Waals surface area contributed by atoms with E-state index in [-0.39, 0.29) is 35.7 Å². The van der Waals surface area contributed by atoms with E-state index >= 15 is 0 Å². The summed E-state index contributed by atoms with van der Waals surface area (Å²) in [5, 5.41) is 14.3. The Labute approximate surface area is 177 Å². The number of pyridine rings is 1. The third-order valence-corrected chi connectivity index (χ3v) is 4.68. The molecule has 1 aliphatic heterocycles. The van der Waals surface area contributed by atoms with Crippen molar-refractivity contribution >= 4 is 17.6 Å². The average Bonchev–Trinajstić information content (AvgIpc) is 2.75. The van der Waals surface area contributed by atoms with Gasteiger partial charge in [-0.3, -0.25) is 14.4 Å². The second-order valence-electron chi connectivity index (χ2n) is 7.26. The lowest BCUT2D eigenvalue weighted by Gasteiger charge is -2.34. The normalized spacial score (nSPS) is 14.2. The SMILES string of the molecule is CNC(=O)c1cc(F)ccc1CNC(=O)c1cnc(C(=O)CO)c2c1COC(C)(C)O2. The Hall–Kier alpha value is -3.37. The second kappa shape index (κ2) is 8.78. The first-order valence-corrected chi connectivity index (χ1v) is 9.44. The highest BCUT2D eigenvalue weighted by atomic mass is 19.1. The lowest BCUT2D eigenvalue weighted by molar-refractivity contribution is -0.180. The Bertz CT molecular complexity index is 1050. The zero-order valence-corrected chi connectivity index (χ0v) is 17.2. The minimum atomic E-state index is -1.05. The van der Waals surface area contributed by atoms with Gasteiger partial charge in [-0.1, -0.05) is 6.07 Å². The fourth-order valence-corrected chi connectivity index (χ4v) is 3.09. The number of nitrogens with zero attached hydrogens (tertiary/aromatic N) is 1. The number of carbonyl (C=O) groups excluding carboxylic acids is 3. The lowest BCUT2D eigenvalue weighted by Crippen LogP contribution is -2.38. The van der Waals surface area contributed by atoms with Gasteiger partial charge in [-0.15, -0.1) is 0 Å². The van der Waals surface area contributed by atoms with Gasteiger partial charge in [0, 0.05) is 44.8 Å². The van der Waals surface area contributed by atoms with E-state index in [2.05, 4.69) is 15.6 Å². The minimum Gasteiger partial charge on any atom is -0.460 e. The van der Waals surface area contributed by atoms with Crippen molar-refractivity contribution < 1.29 is 33.4 Å². The highest BCUT2D eigenvalue weighted by Gasteiger charge is 2.34. The van der Waals surface area contributed by atoms with Crippen LogP contribution in [0.25, 0.3) is 0 Å². The van der Waals surface area contributed by atoms with Crippen molar-refractivity contribution in [1.29, 1.82) is 0 Å². The van der Waals surface area contributed by atoms with Crippen LogP contribution in [0.2, 0.25) is 0 Å². The number of hydrogen-bond donors (Lipinski definition) is 3. The van der Waals surface area contributed by atoms with Crippen LogP contribution in [-0.2, 0) is 17.9 Å². The molecule has 0 fully saturated rings. The Morgan fingerprint density at radius 2 is 1.97 bits per heavy atom. The first-order valence-electron chi connectivity index (χ1n) is 9.44. The van der Waals surface area contributed by atoms with E-state index in [1.165, 1.54) is 25.4 Å². The quantitative estimate of drug-likeness (QED) is 0.589. The molecule has 3 rings (SSSR count). The number of hydrogen-bond acceptors (Lipinski definition) is 7. The summed E-state index contributed by atoms with van der Waals surface area (Å²) in [5.74, 6) is -3.24. The van der Waals surface area contributed by atoms with Crippen LogP contribution < -0.4 is 15.4 Å². The second-order valence-corrected chi connectivity index (χ2v) is 7.26. The summed E-state index contributed by atoms with van der Waals surface area (Å²) in [6.45, 7) is 2.46. The maximum Gasteiger partial charge on any atom is 0.253 e. The first kappa shape index (κ1) is 22.3. The number of Topliss-reactive ketones (excluding diaryl/α,β-unsaturated/α-hetero) is 1. The number of carbonyl (C=O) groups is 3. The van der Waals surface area contributed by atoms with E-state index in [0.717, 1.165) is 6.07 Å². The summed E-state index contributed by atoms with van der Waals surface area (Å²) >= 11 is 0. The van der Waals surface area contributed by atoms with Crippen LogP contribution in [0.15, 0.2) is 24.4 Å². The molecule has 3 N–H and O–H groups in total. The molecule has 0 saturated carbocycles. The van der Waals surface area contributed by atoms with Gasteiger partial charge in [0.1, 0.15) is 12.4 Å². The van der Waals surface area contributed by atoms with Crippen molar-refractivity contribution in [2.24, 2.45) is 0 Å². The average molecular weight is 431 g/mol. The lowest BCUT2D eigenvalue weighted by atomic mass is 10.0. The maximum absolute atomic E-state index is 13.5. The van der Waals surface area contributed by atoms with Crippen molar-refractivity contribution in [3.63, 3.8) is 0 Å². The van der Waals surface area contributed by atoms with Crippen LogP contribution >= 0.6 is 0 Å². The van der Waals surface area contributed by atoms with Gasteiger partial charge in [0.05, 0.1) is 12.2 Å². The van der Waals surface area contributed by atoms with Gasteiger partial charge in [0.15, 0.2) is 11.4 Å². The summed E-state index contributed by atoms with van der Waals surface area (Å²) in [4.78, 5) is 40.9. The standard InChI is InChI=1S/C21H22FN3O6/c1-21(2)30-10-15-14(8-24-17(16(27)9-26)18(15)31-21)20(29)25-7-11-4-5-12(22)6-13(11)19(28)23-3/h4-6,8,26H,7,9-10H2,1-3H3,(H,23,28)(H,25,29). The molecule has 0 aliphatic carbocycles. The van der Waals surface area contributed by atoms with Crippen LogP contribution in [0, 0.1) is 5.82 Å². The van der Waals surface area contributed by atoms with Crippen molar-refractivity contribution in [1.82, 2.24) is 15.6 Å². The molecule has 164 valence electrons. The molecule has 0 atom stereocenters. The van der Waals surface area contributed by atoms with Crippen molar-refractivity contribution in [2.45, 2.75) is 32.8 Å². The zero-order valence-electron chi connectivity index (χ0n) is 17.2. The predicted molar refractivity (Wildman–Crippen MR) is 106 cm³/mol. The summed E-state index contributed by atoms with van der Waals surface area (Å²) < 4.78 is 24.9. The van der Waals surface area contributed by atoms with E-state index in [9.17, 15) is 23.9 Å². The predicted octanol–water partition coefficient (Wildman–Crippen LogP) is 1.33. The third-order valence-electron chi connectivity index (χ3n) is 4.68. The van der Waals surface area contributed by atoms with Crippen molar-refractivity contribution in [2.75, 3.05) is 13.7 Å². The van der Waals surface area contributed by atoms with Gasteiger partial charge in [0.25, 0.3) is 11.8 Å². The molecule has 1 aliphatic rings. The van der Waals surface area contributed by atoms with Crippen LogP contribution in [0.5, 0.6) is 5.75 Å². The highest BCUT2D eigenvalue weighted by molar-refractivity contribution is 6.01. The number of aliphatic hydroxyl groups is 1. The molecule has 0 radical (unpaired) electrons. The highest BCUT2D eigenvalue weighted by Crippen LogP contribution is 2.35. The van der Waals surface area contributed by atoms with Gasteiger partial charge in [-0.05, 0) is 17.7 Å². The van der Waals surface area contributed by atoms with E-state index in [0.29, 0.717) is 11.1 Å². The molecular weight excluding hydrogens is 409 g/mol. The topological polar surface area (TPSA) is 127 Å². The monoisotopic (exact) mass is 431 g/mol. The van der Waals surface area contributed by atoms with Gasteiger partial charge in [-0.25, -0.2) is 9.37 Å². The Kier molecular flexibility index (Phi) is 6.32. The zero-order chi connectivity index (χ0) is 22.8. The van der Waals surface area contributed by atoms with Crippen molar-refractivity contribution in [3.05, 3.63) is 58.2 Å². The third kappa shape index (κ3) is 4.70. The largest absolute Gasteiger partial charge is 0.460 e. The number of fused-ring (bicyclic) bond motifs is 1. The molecule has 10 heteroatoms. The Morgan fingerprint density at radius 3 is 2.65 bits per heavy atom. The minimum absolute atomic E-state index is 0.0145. The number of aromatic nitrogens is 1. The first-order chi connectivity index (χ1) is 14.7. The number of nitrogens with one attached hydrogen (secondary N) is 2. The summed E-state index contributed by atoms with van der Waals surface area (Å²) in [7, 11) is 1.42. The van der Waals surface area contributed by atoms with E-state index in [1.54, 1.807) is 13.8 Å². The van der Waals surface area contributed by atoms with Gasteiger partial charge in [-0.2, -0.15) is 0 Å². The van der Waals surface area contributed by atoms with Gasteiger partial charge >= 0.3 is 0 Å². The number of ether oxygens (including phenoxy) is 2. The van der Waals surface area contributed by atoms with Crippen LogP contribution in [0.4, 0.5) is 4.39 Å². The molecule has 0 spiro atoms. The molecular formula is C21H22FN3O6. The summed E-state index contributed by atoms with van der Waals surface area (Å²) in [5.41, 5.74) is 0.848. The molecule has 2 aromatic rings. The number of halogens is 1. The van der Waals surface area contributed by atoms with Crippen LogP contribution in [-0.4, -0.2) is 47.1 Å². The molecule has 0 unspecified atom stereocenters. The Balaban J connectivity index is 1.90. The van der Waals surface area contributed by atoms with Crippen LogP contribution in [0.1, 0.15) is 56.2 Å². The maximum atomic E-state index is 13.5. The number of rotatable bonds is 6. The molecule has 0 bridgehead atoms. The van der Waals surface area contributed by atoms with Crippen molar-refractivity contribution in [3.8, 4) is 5.75 Å². The molecule has 1 aromatic heterocycles. The summed E-state index contributed by atoms with van der Waals surface area (Å²) in [6.07, 6.45) is 1.20. The number of amides is 2. The molecule has 0 saturated heterocycles. The fraction of sp³-hybridized carbons (Fsp3) is 0.333. The van der Waals surface area contributed by atoms with E-state index < -0.39 is 35.8 Å².